The number of morpholine rings is 3. The largest absolute Gasteiger partial charge is 0.469 e. The van der Waals surface area contributed by atoms with Crippen LogP contribution in [0.3, 0.4) is 0 Å². The van der Waals surface area contributed by atoms with Gasteiger partial charge in [-0.25, -0.2) is 0 Å². The Hall–Kier alpha value is -9.30. The summed E-state index contributed by atoms with van der Waals surface area (Å²) in [4.78, 5) is 61.5. The number of carbonyl (C=O) groups is 2. The Labute approximate surface area is 844 Å². The van der Waals surface area contributed by atoms with E-state index in [1.807, 2.05) is 137 Å². The highest BCUT2D eigenvalue weighted by atomic mass is 35.5. The summed E-state index contributed by atoms with van der Waals surface area (Å²) in [6.07, 6.45) is 3.45. The van der Waals surface area contributed by atoms with Crippen LogP contribution in [0.15, 0.2) is 117 Å². The number of benzene rings is 4. The van der Waals surface area contributed by atoms with Crippen molar-refractivity contribution in [3.05, 3.63) is 250 Å². The maximum Gasteiger partial charge on any atom is 0.309 e. The van der Waals surface area contributed by atoms with E-state index in [0.29, 0.717) is 28.2 Å². The monoisotopic (exact) mass is 2020 g/mol. The van der Waals surface area contributed by atoms with Crippen LogP contribution >= 0.6 is 91.8 Å². The van der Waals surface area contributed by atoms with Crippen molar-refractivity contribution in [2.75, 3.05) is 138 Å². The lowest BCUT2D eigenvalue weighted by atomic mass is 9.95. The van der Waals surface area contributed by atoms with Gasteiger partial charge in [0.2, 0.25) is 0 Å². The maximum absolute atomic E-state index is 12.9. The zero-order valence-corrected chi connectivity index (χ0v) is 88.3. The number of aliphatic imine (C=N–C) groups is 4. The van der Waals surface area contributed by atoms with E-state index in [9.17, 15) is 9.59 Å². The molecule has 7 aliphatic heterocycles. The highest BCUT2D eigenvalue weighted by Gasteiger charge is 2.45. The van der Waals surface area contributed by atoms with Crippen LogP contribution in [0, 0.1) is 83.1 Å². The molecule has 15 heterocycles. The summed E-state index contributed by atoms with van der Waals surface area (Å²) < 4.78 is 35.7. The quantitative estimate of drug-likeness (QED) is 0.0434. The van der Waals surface area contributed by atoms with Gasteiger partial charge in [0, 0.05) is 136 Å². The number of esters is 2. The number of aromatic nitrogens is 12. The van der Waals surface area contributed by atoms with Crippen molar-refractivity contribution in [2.24, 2.45) is 20.0 Å². The fourth-order valence-corrected chi connectivity index (χ4v) is 23.9. The lowest BCUT2D eigenvalue weighted by Crippen LogP contribution is -2.40. The number of aryl methyl sites for hydroxylation is 8. The summed E-state index contributed by atoms with van der Waals surface area (Å²) in [5.74, 6) is 5.71. The first-order valence-electron chi connectivity index (χ1n) is 47.3. The van der Waals surface area contributed by atoms with Gasteiger partial charge in [0.1, 0.15) is 72.1 Å². The smallest absolute Gasteiger partial charge is 0.309 e. The first-order valence-corrected chi connectivity index (χ1v) is 52.1. The lowest BCUT2D eigenvalue weighted by molar-refractivity contribution is -0.156. The molecule has 12 aromatic rings. The number of fused-ring (bicyclic) bond motifs is 12. The zero-order chi connectivity index (χ0) is 97.8. The maximum atomic E-state index is 12.9. The molecule has 28 nitrogen and oxygen atoms in total. The molecule has 4 aromatic carbocycles. The molecule has 0 unspecified atom stereocenters. The zero-order valence-electron chi connectivity index (χ0n) is 82.0. The van der Waals surface area contributed by atoms with Crippen LogP contribution in [0.5, 0.6) is 0 Å². The van der Waals surface area contributed by atoms with Gasteiger partial charge >= 0.3 is 11.9 Å². The molecule has 1 N–H and O–H groups in total. The first-order chi connectivity index (χ1) is 66.1. The molecule has 138 heavy (non-hydrogen) atoms. The fourth-order valence-electron chi connectivity index (χ4n) is 18.6. The number of nitrogens with one attached hydrogen (secondary N) is 1. The molecule has 0 spiro atoms. The fraction of sp³-hybridized carbons (Fsp3) is 0.471. The average molecular weight is 2030 g/mol. The van der Waals surface area contributed by atoms with E-state index in [4.69, 9.17) is 95.2 Å². The molecule has 3 saturated heterocycles. The van der Waals surface area contributed by atoms with Crippen LogP contribution < -0.4 is 5.32 Å². The molecule has 730 valence electrons. The topological polar surface area (TPSA) is 278 Å². The van der Waals surface area contributed by atoms with Crippen molar-refractivity contribution in [1.82, 2.24) is 84.0 Å². The van der Waals surface area contributed by atoms with Crippen LogP contribution in [0.25, 0.3) is 20.0 Å². The van der Waals surface area contributed by atoms with Gasteiger partial charge in [-0.2, -0.15) is 0 Å². The molecule has 0 radical (unpaired) electrons. The number of carbonyl (C=O) groups excluding carboxylic acids is 2. The molecule has 0 aliphatic carbocycles. The van der Waals surface area contributed by atoms with Gasteiger partial charge in [0.25, 0.3) is 0 Å². The van der Waals surface area contributed by atoms with Crippen LogP contribution in [0.2, 0.25) is 20.1 Å². The van der Waals surface area contributed by atoms with Gasteiger partial charge in [-0.15, -0.1) is 86.1 Å². The Morgan fingerprint density at radius 2 is 0.739 bits per heavy atom. The number of hydrogen-bond donors (Lipinski definition) is 1. The highest BCUT2D eigenvalue weighted by molar-refractivity contribution is 7.16. The minimum Gasteiger partial charge on any atom is -0.469 e. The van der Waals surface area contributed by atoms with Crippen molar-refractivity contribution in [1.29, 1.82) is 0 Å². The number of methoxy groups -OCH3 is 1. The van der Waals surface area contributed by atoms with Gasteiger partial charge in [0.15, 0.2) is 23.3 Å². The molecule has 0 saturated carbocycles. The molecule has 4 atom stereocenters. The van der Waals surface area contributed by atoms with E-state index in [1.165, 1.54) is 48.9 Å². The van der Waals surface area contributed by atoms with E-state index in [-0.39, 0.29) is 36.9 Å². The van der Waals surface area contributed by atoms with Crippen molar-refractivity contribution < 1.29 is 33.3 Å². The lowest BCUT2D eigenvalue weighted by Gasteiger charge is -2.30. The summed E-state index contributed by atoms with van der Waals surface area (Å²) >= 11 is 31.7. The van der Waals surface area contributed by atoms with E-state index in [2.05, 4.69) is 156 Å². The predicted molar refractivity (Wildman–Crippen MR) is 554 cm³/mol. The minimum absolute atomic E-state index is 0.0481. The Bertz CT molecular complexity index is 6480. The summed E-state index contributed by atoms with van der Waals surface area (Å²) in [5, 5.41) is 46.6. The number of thiophene rings is 4. The number of halogens is 4. The number of rotatable bonds is 24. The molecular formula is C102H123Cl4N21O7S4. The van der Waals surface area contributed by atoms with Gasteiger partial charge in [0.05, 0.1) is 82.4 Å². The standard InChI is InChI=1S/C32H44ClN7O2S.C25H31ClN6OS.C24H27ClN4O2S.C21H21ClN4O2S/c1-23-24(2)43-32-29(23)30(26-6-8-27(33)9-7-26)34-28(31-36-35-25(3)40(31)32)22-39(12-4-10-37-14-18-41-19-15-37)13-5-11-38-16-20-42-21-17-38;1-16-17(2)34-25-22(16)23(19-5-7-20(26)8-6-19)28-21(24-30-29-18(3)32(24)25)15-27-9-4-10-31-11-13-33-14-12-31;1-13-14(2)32-21-19(13)20(16-8-10-17(25)11-9-16)26-24(7,12-18(30)31-23(4,5)6)22-28-27-15(3)29(21)22;1-11-12(2)29-19-17(11)18(14-6-8-15(22)9-7-14)23-21(4,10-16(27)28-5)20-25-24-13(3)26(19)20/h6-9,28H,4-5,10-22H2,1-3H3;5-8,21,27H,4,9-15H2,1-3H3;8-11H,12H2,1-7H3;6-9H,10H2,1-5H3/t28-;21-;24-;21-/m0000/s1. The Kier molecular flexibility index (Phi) is 32.4. The molecule has 0 amide bonds. The van der Waals surface area contributed by atoms with Crippen molar-refractivity contribution >= 4 is 127 Å². The molecule has 8 aromatic heterocycles. The van der Waals surface area contributed by atoms with Crippen molar-refractivity contribution in [3.63, 3.8) is 0 Å². The number of hydrogen-bond acceptors (Lipinski definition) is 28. The van der Waals surface area contributed by atoms with E-state index in [0.717, 1.165) is 276 Å². The second kappa shape index (κ2) is 44.1. The highest BCUT2D eigenvalue weighted by Crippen LogP contribution is 2.47. The predicted octanol–water partition coefficient (Wildman–Crippen LogP) is 18.9. The molecule has 0 bridgehead atoms. The van der Waals surface area contributed by atoms with Crippen LogP contribution in [0.4, 0.5) is 0 Å². The molecule has 7 aliphatic rings. The molecular weight excluding hydrogens is 1900 g/mol. The molecule has 19 rings (SSSR count). The first kappa shape index (κ1) is 102. The summed E-state index contributed by atoms with van der Waals surface area (Å²) in [7, 11) is 1.38. The number of ether oxygens (including phenoxy) is 5. The third-order valence-corrected chi connectivity index (χ3v) is 32.1. The Morgan fingerprint density at radius 1 is 0.428 bits per heavy atom. The van der Waals surface area contributed by atoms with Crippen LogP contribution in [-0.2, 0) is 44.4 Å². The van der Waals surface area contributed by atoms with E-state index >= 15 is 0 Å². The third-order valence-electron chi connectivity index (χ3n) is 26.3. The van der Waals surface area contributed by atoms with Crippen molar-refractivity contribution in [3.8, 4) is 20.0 Å². The van der Waals surface area contributed by atoms with Crippen molar-refractivity contribution in [2.45, 2.75) is 179 Å². The normalized spacial score (nSPS) is 18.6. The van der Waals surface area contributed by atoms with Gasteiger partial charge < -0.3 is 33.9 Å². The summed E-state index contributed by atoms with van der Waals surface area (Å²) in [6, 6.07) is 31.1. The SMILES string of the molecule is COC(=O)C[C@]1(C)N=C(c2ccc(Cl)cc2)c2c(sc(C)c2C)-n2c(C)nnc21.Cc1sc2c(c1C)C(c1ccc(Cl)cc1)=N[C@@H](CN(CCCN1CCOCC1)CCCN1CCOCC1)c1nnc(C)n1-2.Cc1sc2c(c1C)C(c1ccc(Cl)cc1)=N[C@@H](CNCCCN1CCOCC1)c1nnc(C)n1-2.Cc1sc2c(c1C)C(c1ccc(Cl)cc1)=N[C@@](C)(CC(=O)OC(C)(C)C)c1nnc(C)n1-2. The summed E-state index contributed by atoms with van der Waals surface area (Å²) in [5.41, 5.74) is 14.4. The molecule has 3 fully saturated rings. The number of nitrogens with zero attached hydrogens (tertiary/aromatic N) is 20. The minimum atomic E-state index is -0.961. The van der Waals surface area contributed by atoms with E-state index < -0.39 is 16.7 Å². The van der Waals surface area contributed by atoms with Gasteiger partial charge in [-0.3, -0.25) is 62.5 Å². The van der Waals surface area contributed by atoms with Crippen LogP contribution in [0.1, 0.15) is 212 Å². The van der Waals surface area contributed by atoms with E-state index in [1.54, 1.807) is 45.3 Å². The van der Waals surface area contributed by atoms with Crippen LogP contribution in [-0.4, -0.2) is 257 Å². The Morgan fingerprint density at radius 3 is 1.10 bits per heavy atom. The van der Waals surface area contributed by atoms with Gasteiger partial charge in [-0.05, 0) is 247 Å². The van der Waals surface area contributed by atoms with Gasteiger partial charge in [-0.1, -0.05) is 94.9 Å². The second-order valence-corrected chi connectivity index (χ2v) is 44.0. The molecule has 36 heteroatoms. The second-order valence-electron chi connectivity index (χ2n) is 37.5. The average Bonchev–Trinajstić information content (AvgIpc) is 1.57. The third kappa shape index (κ3) is 22.6. The summed E-state index contributed by atoms with van der Waals surface area (Å²) in [6.45, 7) is 53.4. The Balaban J connectivity index is 0.000000134.